The first kappa shape index (κ1) is 19.6. The van der Waals surface area contributed by atoms with Gasteiger partial charge in [0.2, 0.25) is 0 Å². The van der Waals surface area contributed by atoms with Crippen molar-refractivity contribution in [1.82, 2.24) is 24.4 Å². The Bertz CT molecular complexity index is 1170. The Labute approximate surface area is 183 Å². The zero-order valence-corrected chi connectivity index (χ0v) is 17.7. The fourth-order valence-electron chi connectivity index (χ4n) is 5.00. The molecule has 1 aliphatic heterocycles. The molecule has 4 heterocycles. The number of anilines is 2. The molecule has 3 aromatic rings. The van der Waals surface area contributed by atoms with Gasteiger partial charge in [0.1, 0.15) is 11.4 Å². The van der Waals surface area contributed by atoms with Crippen LogP contribution >= 0.6 is 0 Å². The molecule has 0 atom stereocenters. The van der Waals surface area contributed by atoms with E-state index in [1.54, 1.807) is 10.9 Å². The van der Waals surface area contributed by atoms with Crippen molar-refractivity contribution in [3.05, 3.63) is 35.9 Å². The molecule has 0 bridgehead atoms. The van der Waals surface area contributed by atoms with Gasteiger partial charge in [-0.25, -0.2) is 18.3 Å². The fourth-order valence-corrected chi connectivity index (χ4v) is 5.00. The lowest BCUT2D eigenvalue weighted by atomic mass is 9.96. The van der Waals surface area contributed by atoms with E-state index in [0.717, 1.165) is 51.0 Å². The van der Waals surface area contributed by atoms with Crippen molar-refractivity contribution < 1.29 is 13.6 Å². The smallest absolute Gasteiger partial charge is 0.284 e. The van der Waals surface area contributed by atoms with E-state index in [0.29, 0.717) is 11.1 Å². The molecule has 0 radical (unpaired) electrons. The summed E-state index contributed by atoms with van der Waals surface area (Å²) in [7, 11) is 0. The number of halogens is 2. The molecule has 2 saturated carbocycles. The Morgan fingerprint density at radius 3 is 2.69 bits per heavy atom. The number of carbonyl (C=O) groups is 1. The third kappa shape index (κ3) is 3.32. The summed E-state index contributed by atoms with van der Waals surface area (Å²) in [5, 5.41) is 11.0. The number of rotatable bonds is 5. The Balaban J connectivity index is 1.26. The van der Waals surface area contributed by atoms with Crippen LogP contribution in [0.15, 0.2) is 24.7 Å². The average Bonchev–Trinajstić information content (AvgIpc) is 3.29. The molecule has 1 N–H and O–H groups in total. The molecular formula is C22H25F2N7O. The number of hydrogen-bond donors (Lipinski definition) is 1. The van der Waals surface area contributed by atoms with Gasteiger partial charge in [-0.1, -0.05) is 19.3 Å². The zero-order chi connectivity index (χ0) is 21.9. The van der Waals surface area contributed by atoms with E-state index in [1.807, 2.05) is 6.07 Å². The summed E-state index contributed by atoms with van der Waals surface area (Å²) in [5.74, 6) is 0.292. The molecule has 168 valence electrons. The minimum atomic E-state index is -2.77. The van der Waals surface area contributed by atoms with Crippen molar-refractivity contribution in [2.24, 2.45) is 5.41 Å². The van der Waals surface area contributed by atoms with Crippen molar-refractivity contribution >= 4 is 23.1 Å². The molecule has 2 aliphatic carbocycles. The maximum Gasteiger partial charge on any atom is 0.284 e. The number of amides is 1. The lowest BCUT2D eigenvalue weighted by molar-refractivity contribution is 0.102. The van der Waals surface area contributed by atoms with Crippen LogP contribution in [0.2, 0.25) is 0 Å². The molecule has 3 fully saturated rings. The summed E-state index contributed by atoms with van der Waals surface area (Å²) < 4.78 is 30.4. The van der Waals surface area contributed by atoms with Crippen LogP contribution in [0.25, 0.3) is 5.65 Å². The largest absolute Gasteiger partial charge is 0.355 e. The monoisotopic (exact) mass is 441 g/mol. The van der Waals surface area contributed by atoms with Crippen molar-refractivity contribution in [3.8, 4) is 0 Å². The molecule has 1 spiro atoms. The third-order valence-corrected chi connectivity index (χ3v) is 7.10. The molecule has 0 unspecified atom stereocenters. The molecule has 32 heavy (non-hydrogen) atoms. The van der Waals surface area contributed by atoms with E-state index in [2.05, 4.69) is 25.4 Å². The van der Waals surface area contributed by atoms with Crippen LogP contribution in [0.5, 0.6) is 0 Å². The Kier molecular flexibility index (Phi) is 4.44. The highest BCUT2D eigenvalue weighted by Gasteiger charge is 2.52. The predicted molar refractivity (Wildman–Crippen MR) is 114 cm³/mol. The molecule has 1 amide bonds. The molecule has 3 aliphatic rings. The molecule has 0 aromatic carbocycles. The van der Waals surface area contributed by atoms with E-state index in [-0.39, 0.29) is 17.3 Å². The van der Waals surface area contributed by atoms with Crippen LogP contribution < -0.4 is 10.2 Å². The summed E-state index contributed by atoms with van der Waals surface area (Å²) in [5.41, 5.74) is 0.793. The Hall–Kier alpha value is -3.04. The first-order valence-electron chi connectivity index (χ1n) is 11.3. The number of carbonyl (C=O) groups excluding carboxylic acids is 1. The summed E-state index contributed by atoms with van der Waals surface area (Å²) >= 11 is 0. The quantitative estimate of drug-likeness (QED) is 0.641. The highest BCUT2D eigenvalue weighted by Crippen LogP contribution is 2.53. The second kappa shape index (κ2) is 7.25. The molecule has 1 saturated heterocycles. The van der Waals surface area contributed by atoms with Gasteiger partial charge < -0.3 is 10.2 Å². The molecule has 10 heteroatoms. The topological polar surface area (TPSA) is 80.3 Å². The summed E-state index contributed by atoms with van der Waals surface area (Å²) in [6.07, 6.45) is 9.61. The highest BCUT2D eigenvalue weighted by molar-refractivity contribution is 6.08. The normalized spacial score (nSPS) is 20.2. The van der Waals surface area contributed by atoms with Crippen molar-refractivity contribution in [3.63, 3.8) is 0 Å². The predicted octanol–water partition coefficient (Wildman–Crippen LogP) is 4.22. The summed E-state index contributed by atoms with van der Waals surface area (Å²) in [6, 6.07) is 1.99. The Morgan fingerprint density at radius 1 is 1.19 bits per heavy atom. The minimum absolute atomic E-state index is 0.0458. The van der Waals surface area contributed by atoms with Gasteiger partial charge in [0.15, 0.2) is 11.3 Å². The van der Waals surface area contributed by atoms with Gasteiger partial charge in [-0.2, -0.15) is 10.2 Å². The highest BCUT2D eigenvalue weighted by atomic mass is 19.3. The van der Waals surface area contributed by atoms with Gasteiger partial charge in [0.05, 0.1) is 17.9 Å². The van der Waals surface area contributed by atoms with Crippen LogP contribution in [-0.2, 0) is 0 Å². The molecule has 3 aromatic heterocycles. The van der Waals surface area contributed by atoms with Crippen LogP contribution in [0, 0.1) is 5.41 Å². The second-order valence-corrected chi connectivity index (χ2v) is 9.42. The third-order valence-electron chi connectivity index (χ3n) is 7.10. The average molecular weight is 441 g/mol. The minimum Gasteiger partial charge on any atom is -0.355 e. The lowest BCUT2D eigenvalue weighted by Gasteiger charge is -2.40. The van der Waals surface area contributed by atoms with Gasteiger partial charge in [0.25, 0.3) is 12.3 Å². The first-order valence-corrected chi connectivity index (χ1v) is 11.3. The fraction of sp³-hybridized carbons (Fsp3) is 0.545. The van der Waals surface area contributed by atoms with Crippen LogP contribution in [0.4, 0.5) is 20.3 Å². The van der Waals surface area contributed by atoms with E-state index >= 15 is 0 Å². The number of nitrogens with one attached hydrogen (secondary N) is 1. The molecule has 8 nitrogen and oxygen atoms in total. The van der Waals surface area contributed by atoms with Gasteiger partial charge >= 0.3 is 0 Å². The van der Waals surface area contributed by atoms with E-state index < -0.39 is 18.0 Å². The molecule has 6 rings (SSSR count). The number of alkyl halides is 2. The first-order chi connectivity index (χ1) is 15.5. The maximum atomic E-state index is 13.6. The molecular weight excluding hydrogens is 416 g/mol. The number of nitrogens with zero attached hydrogens (tertiary/aromatic N) is 6. The summed E-state index contributed by atoms with van der Waals surface area (Å²) in [4.78, 5) is 19.9. The Morgan fingerprint density at radius 2 is 1.97 bits per heavy atom. The number of fused-ring (bicyclic) bond motifs is 1. The SMILES string of the molecule is O=C(Nc1cn(C2CCCCC2)nc1C(F)F)c1cnn2ccc(N3CC4(CC4)C3)nc12. The summed E-state index contributed by atoms with van der Waals surface area (Å²) in [6.45, 7) is 1.98. The van der Waals surface area contributed by atoms with E-state index in [4.69, 9.17) is 0 Å². The van der Waals surface area contributed by atoms with Crippen molar-refractivity contribution in [2.45, 2.75) is 57.4 Å². The zero-order valence-electron chi connectivity index (χ0n) is 17.7. The second-order valence-electron chi connectivity index (χ2n) is 9.42. The lowest BCUT2D eigenvalue weighted by Crippen LogP contribution is -2.48. The van der Waals surface area contributed by atoms with Gasteiger partial charge in [0, 0.05) is 30.9 Å². The van der Waals surface area contributed by atoms with Crippen molar-refractivity contribution in [2.75, 3.05) is 23.3 Å². The standard InChI is InChI=1S/C22H25F2N7O/c23-19(24)18-16(11-31(28-18)14-4-2-1-3-5-14)26-21(32)15-10-25-30-9-6-17(27-20(15)30)29-12-22(13-29)7-8-22/h6,9-11,14,19H,1-5,7-8,12-13H2,(H,26,32). The maximum absolute atomic E-state index is 13.6. The number of hydrogen-bond acceptors (Lipinski definition) is 5. The van der Waals surface area contributed by atoms with Crippen LogP contribution in [-0.4, -0.2) is 43.4 Å². The van der Waals surface area contributed by atoms with Gasteiger partial charge in [-0.3, -0.25) is 9.48 Å². The number of aromatic nitrogens is 5. The van der Waals surface area contributed by atoms with Crippen LogP contribution in [0.3, 0.4) is 0 Å². The van der Waals surface area contributed by atoms with Gasteiger partial charge in [-0.05, 0) is 31.7 Å². The van der Waals surface area contributed by atoms with Crippen LogP contribution in [0.1, 0.15) is 73.5 Å². The van der Waals surface area contributed by atoms with E-state index in [9.17, 15) is 13.6 Å². The van der Waals surface area contributed by atoms with Gasteiger partial charge in [-0.15, -0.1) is 0 Å². The van der Waals surface area contributed by atoms with E-state index in [1.165, 1.54) is 29.8 Å². The van der Waals surface area contributed by atoms with Crippen molar-refractivity contribution in [1.29, 1.82) is 0 Å².